The maximum absolute atomic E-state index is 5.04. The second-order valence-electron chi connectivity index (χ2n) is 8.04. The number of fused-ring (bicyclic) bond motifs is 4. The first kappa shape index (κ1) is 18.0. The molecule has 2 bridgehead atoms. The fourth-order valence-electron chi connectivity index (χ4n) is 4.68. The van der Waals surface area contributed by atoms with E-state index in [9.17, 15) is 0 Å². The predicted octanol–water partition coefficient (Wildman–Crippen LogP) is 4.31. The standard InChI is InChI=1S/C25H24N4/c1-29(2)16-17-7-6-10-19(13-17)24-22-15-28-27-14-21(22)20-11-12-26-25(24)23(20)18-8-4-3-5-9-18/h3-11,13-15,23-24H,12,16H2,1-2H3. The van der Waals surface area contributed by atoms with Crippen molar-refractivity contribution in [1.29, 1.82) is 0 Å². The van der Waals surface area contributed by atoms with Crippen LogP contribution in [0.25, 0.3) is 5.57 Å². The third-order valence-electron chi connectivity index (χ3n) is 5.79. The van der Waals surface area contributed by atoms with Crippen LogP contribution in [0.5, 0.6) is 0 Å². The lowest BCUT2D eigenvalue weighted by atomic mass is 9.67. The summed E-state index contributed by atoms with van der Waals surface area (Å²) in [7, 11) is 4.21. The normalized spacial score (nSPS) is 20.1. The Hall–Kier alpha value is -3.11. The molecular weight excluding hydrogens is 356 g/mol. The van der Waals surface area contributed by atoms with Crippen molar-refractivity contribution in [3.63, 3.8) is 0 Å². The number of allylic oxidation sites excluding steroid dienone is 1. The summed E-state index contributed by atoms with van der Waals surface area (Å²) in [6.45, 7) is 1.64. The highest BCUT2D eigenvalue weighted by Crippen LogP contribution is 2.48. The first-order valence-electron chi connectivity index (χ1n) is 10.1. The second-order valence-corrected chi connectivity index (χ2v) is 8.04. The number of aromatic nitrogens is 2. The van der Waals surface area contributed by atoms with Gasteiger partial charge in [0.05, 0.1) is 24.9 Å². The summed E-state index contributed by atoms with van der Waals surface area (Å²) in [4.78, 5) is 7.24. The summed E-state index contributed by atoms with van der Waals surface area (Å²) in [5.41, 5.74) is 8.82. The van der Waals surface area contributed by atoms with Crippen LogP contribution in [0.1, 0.15) is 39.7 Å². The molecule has 4 nitrogen and oxygen atoms in total. The third kappa shape index (κ3) is 3.19. The molecule has 29 heavy (non-hydrogen) atoms. The highest BCUT2D eigenvalue weighted by molar-refractivity contribution is 6.11. The average Bonchev–Trinajstić information content (AvgIpc) is 2.74. The van der Waals surface area contributed by atoms with Gasteiger partial charge >= 0.3 is 0 Å². The maximum Gasteiger partial charge on any atom is 0.0576 e. The quantitative estimate of drug-likeness (QED) is 0.677. The molecule has 2 heterocycles. The van der Waals surface area contributed by atoms with Crippen LogP contribution in [0.3, 0.4) is 0 Å². The van der Waals surface area contributed by atoms with Crippen LogP contribution in [0, 0.1) is 0 Å². The number of hydrogen-bond donors (Lipinski definition) is 0. The lowest BCUT2D eigenvalue weighted by Gasteiger charge is -2.38. The first-order valence-corrected chi connectivity index (χ1v) is 10.1. The molecule has 4 heteroatoms. The molecule has 2 unspecified atom stereocenters. The molecule has 0 saturated heterocycles. The maximum atomic E-state index is 5.04. The molecule has 1 aromatic heterocycles. The lowest BCUT2D eigenvalue weighted by Crippen LogP contribution is -2.31. The van der Waals surface area contributed by atoms with Gasteiger partial charge in [0.25, 0.3) is 0 Å². The molecule has 2 atom stereocenters. The van der Waals surface area contributed by atoms with Crippen molar-refractivity contribution in [2.45, 2.75) is 18.4 Å². The Morgan fingerprint density at radius 1 is 0.897 bits per heavy atom. The van der Waals surface area contributed by atoms with Crippen LogP contribution in [0.2, 0.25) is 0 Å². The van der Waals surface area contributed by atoms with E-state index in [0.717, 1.165) is 13.1 Å². The number of hydrogen-bond acceptors (Lipinski definition) is 4. The molecule has 5 rings (SSSR count). The minimum Gasteiger partial charge on any atom is -0.305 e. The topological polar surface area (TPSA) is 41.4 Å². The Labute approximate surface area is 171 Å². The van der Waals surface area contributed by atoms with Crippen molar-refractivity contribution in [2.24, 2.45) is 4.99 Å². The SMILES string of the molecule is CN(C)Cc1cccc(C2C3=NCC=C(c4cnncc42)C3c2ccccc2)c1. The monoisotopic (exact) mass is 380 g/mol. The number of benzene rings is 2. The zero-order valence-electron chi connectivity index (χ0n) is 16.8. The predicted molar refractivity (Wildman–Crippen MR) is 117 cm³/mol. The van der Waals surface area contributed by atoms with Crippen molar-refractivity contribution >= 4 is 11.3 Å². The van der Waals surface area contributed by atoms with Crippen LogP contribution in [0.15, 0.2) is 78.1 Å². The molecule has 3 aromatic rings. The molecule has 0 N–H and O–H groups in total. The largest absolute Gasteiger partial charge is 0.305 e. The lowest BCUT2D eigenvalue weighted by molar-refractivity contribution is 0.402. The number of rotatable bonds is 4. The van der Waals surface area contributed by atoms with Gasteiger partial charge in [-0.25, -0.2) is 0 Å². The van der Waals surface area contributed by atoms with Gasteiger partial charge in [0.15, 0.2) is 0 Å². The zero-order valence-corrected chi connectivity index (χ0v) is 16.8. The van der Waals surface area contributed by atoms with Gasteiger partial charge in [0, 0.05) is 23.7 Å². The van der Waals surface area contributed by atoms with Crippen molar-refractivity contribution in [2.75, 3.05) is 20.6 Å². The Balaban J connectivity index is 1.69. The van der Waals surface area contributed by atoms with E-state index < -0.39 is 0 Å². The summed E-state index contributed by atoms with van der Waals surface area (Å²) >= 11 is 0. The zero-order chi connectivity index (χ0) is 19.8. The molecule has 1 aliphatic heterocycles. The van der Waals surface area contributed by atoms with E-state index in [1.165, 1.54) is 39.1 Å². The van der Waals surface area contributed by atoms with Crippen LogP contribution in [-0.2, 0) is 6.54 Å². The Morgan fingerprint density at radius 3 is 2.52 bits per heavy atom. The Bertz CT molecular complexity index is 1100. The van der Waals surface area contributed by atoms with Gasteiger partial charge in [-0.3, -0.25) is 4.99 Å². The van der Waals surface area contributed by atoms with Crippen molar-refractivity contribution in [3.05, 3.63) is 101 Å². The molecule has 0 amide bonds. The molecular formula is C25H24N4. The third-order valence-corrected chi connectivity index (χ3v) is 5.79. The van der Waals surface area contributed by atoms with Gasteiger partial charge in [-0.05, 0) is 41.9 Å². The van der Waals surface area contributed by atoms with E-state index in [2.05, 4.69) is 89.9 Å². The van der Waals surface area contributed by atoms with E-state index >= 15 is 0 Å². The number of aliphatic imine (C=N–C) groups is 1. The van der Waals surface area contributed by atoms with Gasteiger partial charge in [0.2, 0.25) is 0 Å². The van der Waals surface area contributed by atoms with E-state index in [0.29, 0.717) is 0 Å². The molecule has 0 fully saturated rings. The van der Waals surface area contributed by atoms with Gasteiger partial charge in [-0.2, -0.15) is 10.2 Å². The molecule has 0 saturated carbocycles. The van der Waals surface area contributed by atoms with Crippen LogP contribution >= 0.6 is 0 Å². The molecule has 1 aliphatic carbocycles. The van der Waals surface area contributed by atoms with E-state index in [4.69, 9.17) is 4.99 Å². The smallest absolute Gasteiger partial charge is 0.0576 e. The van der Waals surface area contributed by atoms with Gasteiger partial charge in [-0.1, -0.05) is 60.7 Å². The van der Waals surface area contributed by atoms with Crippen molar-refractivity contribution < 1.29 is 0 Å². The summed E-state index contributed by atoms with van der Waals surface area (Å²) in [6.07, 6.45) is 6.10. The minimum absolute atomic E-state index is 0.102. The van der Waals surface area contributed by atoms with Crippen molar-refractivity contribution in [1.82, 2.24) is 15.1 Å². The summed E-state index contributed by atoms with van der Waals surface area (Å²) in [6, 6.07) is 19.6. The van der Waals surface area contributed by atoms with Crippen LogP contribution in [-0.4, -0.2) is 41.4 Å². The van der Waals surface area contributed by atoms with E-state index in [1.54, 1.807) is 0 Å². The fraction of sp³-hybridized carbons (Fsp3) is 0.240. The average molecular weight is 380 g/mol. The highest BCUT2D eigenvalue weighted by Gasteiger charge is 2.39. The van der Waals surface area contributed by atoms with E-state index in [-0.39, 0.29) is 11.8 Å². The van der Waals surface area contributed by atoms with E-state index in [1.807, 2.05) is 12.4 Å². The molecule has 0 spiro atoms. The summed E-state index contributed by atoms with van der Waals surface area (Å²) in [5, 5.41) is 8.45. The van der Waals surface area contributed by atoms with Gasteiger partial charge in [0.1, 0.15) is 0 Å². The van der Waals surface area contributed by atoms with Gasteiger partial charge < -0.3 is 4.90 Å². The number of dihydropyridines is 1. The van der Waals surface area contributed by atoms with Gasteiger partial charge in [-0.15, -0.1) is 0 Å². The first-order chi connectivity index (χ1) is 14.2. The molecule has 2 aliphatic rings. The van der Waals surface area contributed by atoms with Crippen LogP contribution in [0.4, 0.5) is 0 Å². The Kier molecular flexibility index (Phi) is 4.57. The minimum atomic E-state index is 0.102. The molecule has 0 radical (unpaired) electrons. The number of nitrogens with zero attached hydrogens (tertiary/aromatic N) is 4. The Morgan fingerprint density at radius 2 is 1.69 bits per heavy atom. The summed E-state index contributed by atoms with van der Waals surface area (Å²) < 4.78 is 0. The highest BCUT2D eigenvalue weighted by atomic mass is 15.1. The summed E-state index contributed by atoms with van der Waals surface area (Å²) in [5.74, 6) is 0.273. The van der Waals surface area contributed by atoms with Crippen LogP contribution < -0.4 is 0 Å². The molecule has 144 valence electrons. The molecule has 2 aromatic carbocycles. The van der Waals surface area contributed by atoms with Crippen molar-refractivity contribution in [3.8, 4) is 0 Å². The second kappa shape index (κ2) is 7.37. The fourth-order valence-corrected chi connectivity index (χ4v) is 4.68.